The molecule has 2 unspecified atom stereocenters. The summed E-state index contributed by atoms with van der Waals surface area (Å²) in [6.07, 6.45) is 1.27. The second-order valence-electron chi connectivity index (χ2n) is 3.35. The van der Waals surface area contributed by atoms with Crippen LogP contribution in [0.1, 0.15) is 19.3 Å². The Hall–Kier alpha value is -1.32. The lowest BCUT2D eigenvalue weighted by Gasteiger charge is -2.33. The minimum absolute atomic E-state index is 0.131. The van der Waals surface area contributed by atoms with Gasteiger partial charge < -0.3 is 10.2 Å². The van der Waals surface area contributed by atoms with E-state index in [4.69, 9.17) is 10.2 Å². The minimum Gasteiger partial charge on any atom is -0.481 e. The van der Waals surface area contributed by atoms with Crippen LogP contribution >= 0.6 is 0 Å². The molecule has 0 spiro atoms. The van der Waals surface area contributed by atoms with E-state index in [0.717, 1.165) is 18.4 Å². The largest absolute Gasteiger partial charge is 0.481 e. The van der Waals surface area contributed by atoms with Crippen LogP contribution in [0.5, 0.6) is 0 Å². The number of allylic oxidation sites excluding steroid dienone is 1. The first-order valence-electron chi connectivity index (χ1n) is 4.14. The van der Waals surface area contributed by atoms with Crippen molar-refractivity contribution in [2.24, 2.45) is 11.8 Å². The highest BCUT2D eigenvalue weighted by molar-refractivity contribution is 5.78. The van der Waals surface area contributed by atoms with Crippen molar-refractivity contribution in [3.63, 3.8) is 0 Å². The van der Waals surface area contributed by atoms with Gasteiger partial charge in [0.2, 0.25) is 0 Å². The van der Waals surface area contributed by atoms with E-state index in [0.29, 0.717) is 0 Å². The van der Waals surface area contributed by atoms with Crippen molar-refractivity contribution in [1.82, 2.24) is 0 Å². The Morgan fingerprint density at radius 3 is 2.38 bits per heavy atom. The Morgan fingerprint density at radius 1 is 1.54 bits per heavy atom. The lowest BCUT2D eigenvalue weighted by molar-refractivity contribution is -0.150. The molecule has 0 aromatic carbocycles. The fourth-order valence-electron chi connectivity index (χ4n) is 1.59. The van der Waals surface area contributed by atoms with E-state index in [1.165, 1.54) is 0 Å². The summed E-state index contributed by atoms with van der Waals surface area (Å²) in [6.45, 7) is 3.70. The molecular weight excluding hydrogens is 172 g/mol. The molecule has 1 fully saturated rings. The standard InChI is InChI=1S/C9H12O4/c1-5-2-3-6(5)7(9(12)13)4-8(10)11/h6-7H,1-4H2,(H,10,11)(H,12,13). The predicted octanol–water partition coefficient (Wildman–Crippen LogP) is 1.13. The quantitative estimate of drug-likeness (QED) is 0.642. The summed E-state index contributed by atoms with van der Waals surface area (Å²) in [5, 5.41) is 17.3. The summed E-state index contributed by atoms with van der Waals surface area (Å²) >= 11 is 0. The lowest BCUT2D eigenvalue weighted by atomic mass is 9.71. The lowest BCUT2D eigenvalue weighted by Crippen LogP contribution is -2.32. The molecule has 1 aliphatic carbocycles. The van der Waals surface area contributed by atoms with Gasteiger partial charge in [0.15, 0.2) is 0 Å². The number of carboxylic acid groups (broad SMARTS) is 2. The average Bonchev–Trinajstić information content (AvgIpc) is 1.99. The SMILES string of the molecule is C=C1CCC1C(CC(=O)O)C(=O)O. The highest BCUT2D eigenvalue weighted by Crippen LogP contribution is 2.39. The van der Waals surface area contributed by atoms with Crippen LogP contribution in [-0.4, -0.2) is 22.2 Å². The van der Waals surface area contributed by atoms with Gasteiger partial charge in [-0.15, -0.1) is 0 Å². The Balaban J connectivity index is 2.62. The van der Waals surface area contributed by atoms with Crippen LogP contribution in [0.2, 0.25) is 0 Å². The van der Waals surface area contributed by atoms with Crippen LogP contribution in [0.4, 0.5) is 0 Å². The molecular formula is C9H12O4. The predicted molar refractivity (Wildman–Crippen MR) is 45.2 cm³/mol. The minimum atomic E-state index is -1.06. The maximum Gasteiger partial charge on any atom is 0.307 e. The van der Waals surface area contributed by atoms with E-state index in [1.54, 1.807) is 0 Å². The number of hydrogen-bond acceptors (Lipinski definition) is 2. The first kappa shape index (κ1) is 9.77. The number of carbonyl (C=O) groups is 2. The molecule has 4 nitrogen and oxygen atoms in total. The normalized spacial score (nSPS) is 23.4. The highest BCUT2D eigenvalue weighted by Gasteiger charge is 2.36. The topological polar surface area (TPSA) is 74.6 Å². The number of carboxylic acids is 2. The van der Waals surface area contributed by atoms with Crippen molar-refractivity contribution in [1.29, 1.82) is 0 Å². The van der Waals surface area contributed by atoms with E-state index in [1.807, 2.05) is 0 Å². The molecule has 1 aliphatic rings. The summed E-state index contributed by atoms with van der Waals surface area (Å²) in [5.41, 5.74) is 0.869. The van der Waals surface area contributed by atoms with Gasteiger partial charge in [-0.2, -0.15) is 0 Å². The Morgan fingerprint density at radius 2 is 2.15 bits per heavy atom. The zero-order valence-corrected chi connectivity index (χ0v) is 7.19. The van der Waals surface area contributed by atoms with Crippen molar-refractivity contribution in [3.8, 4) is 0 Å². The fraction of sp³-hybridized carbons (Fsp3) is 0.556. The fourth-order valence-corrected chi connectivity index (χ4v) is 1.59. The Kier molecular flexibility index (Phi) is 2.70. The monoisotopic (exact) mass is 184 g/mol. The Labute approximate surface area is 75.9 Å². The maximum atomic E-state index is 10.7. The smallest absolute Gasteiger partial charge is 0.307 e. The molecule has 2 atom stereocenters. The van der Waals surface area contributed by atoms with E-state index in [2.05, 4.69) is 6.58 Å². The van der Waals surface area contributed by atoms with Gasteiger partial charge in [-0.1, -0.05) is 12.2 Å². The summed E-state index contributed by atoms with van der Waals surface area (Å²) in [7, 11) is 0. The van der Waals surface area contributed by atoms with Crippen molar-refractivity contribution >= 4 is 11.9 Å². The number of aliphatic carboxylic acids is 2. The van der Waals surface area contributed by atoms with Crippen LogP contribution in [0, 0.1) is 11.8 Å². The zero-order valence-electron chi connectivity index (χ0n) is 7.19. The van der Waals surface area contributed by atoms with E-state index < -0.39 is 17.9 Å². The van der Waals surface area contributed by atoms with Crippen molar-refractivity contribution < 1.29 is 19.8 Å². The molecule has 0 saturated heterocycles. The van der Waals surface area contributed by atoms with Gasteiger partial charge in [0.05, 0.1) is 12.3 Å². The van der Waals surface area contributed by atoms with Crippen molar-refractivity contribution in [2.75, 3.05) is 0 Å². The van der Waals surface area contributed by atoms with Crippen LogP contribution in [0.25, 0.3) is 0 Å². The molecule has 2 N–H and O–H groups in total. The van der Waals surface area contributed by atoms with Gasteiger partial charge in [-0.25, -0.2) is 0 Å². The molecule has 4 heteroatoms. The molecule has 72 valence electrons. The summed E-state index contributed by atoms with van der Waals surface area (Å²) in [4.78, 5) is 21.1. The second-order valence-corrected chi connectivity index (χ2v) is 3.35. The van der Waals surface area contributed by atoms with Gasteiger partial charge in [-0.3, -0.25) is 9.59 Å². The summed E-state index contributed by atoms with van der Waals surface area (Å²) in [6, 6.07) is 0. The van der Waals surface area contributed by atoms with Gasteiger partial charge in [0, 0.05) is 0 Å². The average molecular weight is 184 g/mol. The Bertz CT molecular complexity index is 256. The molecule has 0 bridgehead atoms. The van der Waals surface area contributed by atoms with Crippen LogP contribution < -0.4 is 0 Å². The summed E-state index contributed by atoms with van der Waals surface area (Å²) < 4.78 is 0. The molecule has 0 aromatic heterocycles. The molecule has 1 rings (SSSR count). The third-order valence-electron chi connectivity index (χ3n) is 2.50. The maximum absolute atomic E-state index is 10.7. The molecule has 0 aromatic rings. The number of rotatable bonds is 4. The van der Waals surface area contributed by atoms with Crippen LogP contribution in [-0.2, 0) is 9.59 Å². The molecule has 1 saturated carbocycles. The van der Waals surface area contributed by atoms with Gasteiger partial charge in [0.1, 0.15) is 0 Å². The molecule has 0 aliphatic heterocycles. The van der Waals surface area contributed by atoms with Gasteiger partial charge in [-0.05, 0) is 18.8 Å². The summed E-state index contributed by atoms with van der Waals surface area (Å²) in [5.74, 6) is -3.02. The zero-order chi connectivity index (χ0) is 10.0. The van der Waals surface area contributed by atoms with E-state index in [-0.39, 0.29) is 12.3 Å². The van der Waals surface area contributed by atoms with E-state index in [9.17, 15) is 9.59 Å². The first-order valence-corrected chi connectivity index (χ1v) is 4.14. The highest BCUT2D eigenvalue weighted by atomic mass is 16.4. The van der Waals surface area contributed by atoms with Crippen LogP contribution in [0.15, 0.2) is 12.2 Å². The van der Waals surface area contributed by atoms with E-state index >= 15 is 0 Å². The molecule has 13 heavy (non-hydrogen) atoms. The van der Waals surface area contributed by atoms with Gasteiger partial charge in [0.25, 0.3) is 0 Å². The third kappa shape index (κ3) is 2.08. The van der Waals surface area contributed by atoms with Crippen molar-refractivity contribution in [2.45, 2.75) is 19.3 Å². The molecule has 0 radical (unpaired) electrons. The van der Waals surface area contributed by atoms with Crippen molar-refractivity contribution in [3.05, 3.63) is 12.2 Å². The third-order valence-corrected chi connectivity index (χ3v) is 2.50. The second kappa shape index (κ2) is 3.60. The van der Waals surface area contributed by atoms with Gasteiger partial charge >= 0.3 is 11.9 Å². The molecule has 0 amide bonds. The first-order chi connectivity index (χ1) is 6.02. The molecule has 0 heterocycles. The number of hydrogen-bond donors (Lipinski definition) is 2. The van der Waals surface area contributed by atoms with Crippen LogP contribution in [0.3, 0.4) is 0 Å².